The topological polar surface area (TPSA) is 75.6 Å². The van der Waals surface area contributed by atoms with E-state index in [0.29, 0.717) is 0 Å². The number of hydrogen-bond acceptors (Lipinski definition) is 3. The molecule has 8 heteroatoms. The molecule has 0 spiro atoms. The second-order valence-corrected chi connectivity index (χ2v) is 4.34. The van der Waals surface area contributed by atoms with Crippen molar-refractivity contribution in [3.8, 4) is 0 Å². The summed E-state index contributed by atoms with van der Waals surface area (Å²) in [5, 5.41) is 9.78. The lowest BCUT2D eigenvalue weighted by atomic mass is 10.2. The van der Waals surface area contributed by atoms with Crippen LogP contribution in [0, 0.1) is 0 Å². The summed E-state index contributed by atoms with van der Waals surface area (Å²) in [6.07, 6.45) is -7.39. The molecule has 0 aliphatic heterocycles. The lowest BCUT2D eigenvalue weighted by Gasteiger charge is -2.24. The third-order valence-electron chi connectivity index (χ3n) is 1.46. The van der Waals surface area contributed by atoms with Crippen molar-refractivity contribution in [1.82, 2.24) is 5.32 Å². The maximum Gasteiger partial charge on any atom is 0.409 e. The Morgan fingerprint density at radius 3 is 2.06 bits per heavy atom. The number of aliphatic carboxylic acids is 1. The molecule has 1 atom stereocenters. The number of rotatable bonds is 3. The summed E-state index contributed by atoms with van der Waals surface area (Å²) in [6, 6.07) is -2.46. The van der Waals surface area contributed by atoms with E-state index in [-0.39, 0.29) is 0 Å². The quantitative estimate of drug-likeness (QED) is 0.809. The van der Waals surface area contributed by atoms with Crippen molar-refractivity contribution in [1.29, 1.82) is 0 Å². The predicted molar refractivity (Wildman–Crippen MR) is 51.5 cm³/mol. The zero-order valence-corrected chi connectivity index (χ0v) is 9.59. The molecule has 0 rings (SSSR count). The Balaban J connectivity index is 4.55. The van der Waals surface area contributed by atoms with Crippen molar-refractivity contribution in [3.05, 3.63) is 0 Å². The minimum Gasteiger partial charge on any atom is -0.481 e. The number of halogens is 3. The summed E-state index contributed by atoms with van der Waals surface area (Å²) < 4.78 is 41.6. The SMILES string of the molecule is CC(C)(C)OC(=O)N[C@H](CC(=O)O)C(F)(F)F. The highest BCUT2D eigenvalue weighted by Crippen LogP contribution is 2.23. The van der Waals surface area contributed by atoms with Gasteiger partial charge in [-0.25, -0.2) is 4.79 Å². The highest BCUT2D eigenvalue weighted by atomic mass is 19.4. The van der Waals surface area contributed by atoms with Crippen LogP contribution >= 0.6 is 0 Å². The highest BCUT2D eigenvalue weighted by Gasteiger charge is 2.42. The van der Waals surface area contributed by atoms with Crippen LogP contribution in [0.5, 0.6) is 0 Å². The first-order valence-electron chi connectivity index (χ1n) is 4.70. The van der Waals surface area contributed by atoms with Gasteiger partial charge in [-0.1, -0.05) is 0 Å². The first-order chi connectivity index (χ1) is 7.42. The van der Waals surface area contributed by atoms with Gasteiger partial charge >= 0.3 is 18.2 Å². The van der Waals surface area contributed by atoms with Gasteiger partial charge in [0.15, 0.2) is 0 Å². The number of nitrogens with one attached hydrogen (secondary N) is 1. The number of carbonyl (C=O) groups is 2. The van der Waals surface area contributed by atoms with E-state index in [4.69, 9.17) is 5.11 Å². The zero-order valence-electron chi connectivity index (χ0n) is 9.59. The molecule has 0 saturated heterocycles. The lowest BCUT2D eigenvalue weighted by molar-refractivity contribution is -0.166. The van der Waals surface area contributed by atoms with Gasteiger partial charge in [0.2, 0.25) is 0 Å². The fraction of sp³-hybridized carbons (Fsp3) is 0.778. The second kappa shape index (κ2) is 5.24. The Morgan fingerprint density at radius 1 is 1.29 bits per heavy atom. The van der Waals surface area contributed by atoms with E-state index < -0.39 is 36.3 Å². The number of amides is 1. The molecule has 0 radical (unpaired) electrons. The number of alkyl halides is 3. The van der Waals surface area contributed by atoms with Crippen molar-refractivity contribution >= 4 is 12.1 Å². The monoisotopic (exact) mass is 257 g/mol. The van der Waals surface area contributed by atoms with E-state index in [1.54, 1.807) is 0 Å². The third-order valence-corrected chi connectivity index (χ3v) is 1.46. The van der Waals surface area contributed by atoms with E-state index >= 15 is 0 Å². The van der Waals surface area contributed by atoms with Crippen LogP contribution in [0.4, 0.5) is 18.0 Å². The van der Waals surface area contributed by atoms with Crippen molar-refractivity contribution in [2.75, 3.05) is 0 Å². The average molecular weight is 257 g/mol. The van der Waals surface area contributed by atoms with Gasteiger partial charge in [-0.2, -0.15) is 13.2 Å². The van der Waals surface area contributed by atoms with E-state index in [0.717, 1.165) is 0 Å². The Hall–Kier alpha value is -1.47. The van der Waals surface area contributed by atoms with Gasteiger partial charge in [-0.3, -0.25) is 4.79 Å². The van der Waals surface area contributed by atoms with Crippen LogP contribution in [0.1, 0.15) is 27.2 Å². The van der Waals surface area contributed by atoms with Crippen LogP contribution in [0.25, 0.3) is 0 Å². The summed E-state index contributed by atoms with van der Waals surface area (Å²) in [4.78, 5) is 21.3. The van der Waals surface area contributed by atoms with E-state index in [1.165, 1.54) is 26.1 Å². The molecule has 0 unspecified atom stereocenters. The molecule has 0 saturated carbocycles. The van der Waals surface area contributed by atoms with Crippen LogP contribution in [0.2, 0.25) is 0 Å². The number of carboxylic acids is 1. The molecule has 17 heavy (non-hydrogen) atoms. The number of carbonyl (C=O) groups excluding carboxylic acids is 1. The first kappa shape index (κ1) is 15.5. The standard InChI is InChI=1S/C9H14F3NO4/c1-8(2,3)17-7(16)13-5(4-6(14)15)9(10,11)12/h5H,4H2,1-3H3,(H,13,16)(H,14,15)/t5-/m1/s1. The largest absolute Gasteiger partial charge is 0.481 e. The van der Waals surface area contributed by atoms with E-state index in [9.17, 15) is 22.8 Å². The summed E-state index contributed by atoms with van der Waals surface area (Å²) in [5.74, 6) is -1.66. The lowest BCUT2D eigenvalue weighted by Crippen LogP contribution is -2.48. The maximum absolute atomic E-state index is 12.3. The molecule has 1 amide bonds. The van der Waals surface area contributed by atoms with Crippen molar-refractivity contribution in [3.63, 3.8) is 0 Å². The van der Waals surface area contributed by atoms with Gasteiger partial charge in [0.05, 0.1) is 6.42 Å². The smallest absolute Gasteiger partial charge is 0.409 e. The Kier molecular flexibility index (Phi) is 4.79. The molecule has 0 aliphatic rings. The molecule has 2 N–H and O–H groups in total. The highest BCUT2D eigenvalue weighted by molar-refractivity contribution is 5.71. The molecule has 0 fully saturated rings. The van der Waals surface area contributed by atoms with E-state index in [1.807, 2.05) is 0 Å². The van der Waals surface area contributed by atoms with Crippen LogP contribution < -0.4 is 5.32 Å². The molecular formula is C9H14F3NO4. The van der Waals surface area contributed by atoms with Crippen LogP contribution in [0.3, 0.4) is 0 Å². The Bertz CT molecular complexity index is 296. The van der Waals surface area contributed by atoms with Crippen molar-refractivity contribution in [2.24, 2.45) is 0 Å². The first-order valence-corrected chi connectivity index (χ1v) is 4.70. The zero-order chi connectivity index (χ0) is 13.9. The molecule has 0 aromatic rings. The summed E-state index contributed by atoms with van der Waals surface area (Å²) in [5.41, 5.74) is -0.955. The molecule has 0 heterocycles. The van der Waals surface area contributed by atoms with Gasteiger partial charge in [0, 0.05) is 0 Å². The molecule has 0 bridgehead atoms. The molecule has 5 nitrogen and oxygen atoms in total. The van der Waals surface area contributed by atoms with E-state index in [2.05, 4.69) is 4.74 Å². The van der Waals surface area contributed by atoms with Gasteiger partial charge < -0.3 is 15.2 Å². The normalized spacial score (nSPS) is 14.0. The molecular weight excluding hydrogens is 243 g/mol. The molecule has 0 aromatic carbocycles. The maximum atomic E-state index is 12.3. The fourth-order valence-corrected chi connectivity index (χ4v) is 0.873. The van der Waals surface area contributed by atoms with Crippen molar-refractivity contribution < 1.29 is 32.6 Å². The minimum atomic E-state index is -4.84. The van der Waals surface area contributed by atoms with Crippen molar-refractivity contribution in [2.45, 2.75) is 45.0 Å². The van der Waals surface area contributed by atoms with Gasteiger partial charge in [0.1, 0.15) is 11.6 Å². The third kappa shape index (κ3) is 7.42. The molecule has 100 valence electrons. The number of alkyl carbamates (subject to hydrolysis) is 1. The minimum absolute atomic E-state index is 0.955. The number of ether oxygens (including phenoxy) is 1. The second-order valence-electron chi connectivity index (χ2n) is 4.34. The fourth-order valence-electron chi connectivity index (χ4n) is 0.873. The van der Waals surface area contributed by atoms with Crippen LogP contribution in [0.15, 0.2) is 0 Å². The number of hydrogen-bond donors (Lipinski definition) is 2. The Morgan fingerprint density at radius 2 is 1.76 bits per heavy atom. The van der Waals surface area contributed by atoms with Gasteiger partial charge in [-0.15, -0.1) is 0 Å². The van der Waals surface area contributed by atoms with Crippen LogP contribution in [-0.4, -0.2) is 35.0 Å². The summed E-state index contributed by atoms with van der Waals surface area (Å²) in [6.45, 7) is 4.44. The van der Waals surface area contributed by atoms with Gasteiger partial charge in [0.25, 0.3) is 0 Å². The average Bonchev–Trinajstić information content (AvgIpc) is 1.95. The number of carboxylic acid groups (broad SMARTS) is 1. The molecule has 0 aromatic heterocycles. The molecule has 0 aliphatic carbocycles. The Labute approximate surface area is 95.9 Å². The van der Waals surface area contributed by atoms with Crippen LogP contribution in [-0.2, 0) is 9.53 Å². The predicted octanol–water partition coefficient (Wildman–Crippen LogP) is 1.92. The summed E-state index contributed by atoms with van der Waals surface area (Å²) in [7, 11) is 0. The van der Waals surface area contributed by atoms with Gasteiger partial charge in [-0.05, 0) is 20.8 Å². The summed E-state index contributed by atoms with van der Waals surface area (Å²) >= 11 is 0.